The van der Waals surface area contributed by atoms with Crippen LogP contribution in [-0.4, -0.2) is 44.7 Å². The Bertz CT molecular complexity index is 1040. The number of rotatable bonds is 6. The molecule has 0 bridgehead atoms. The SMILES string of the molecule is CC(C)n1cnnc1-c1cccc(NC(=O)c2cc(I)ccc2C=CN(C)C)n1. The Morgan fingerprint density at radius 2 is 2.03 bits per heavy atom. The Morgan fingerprint density at radius 1 is 1.24 bits per heavy atom. The van der Waals surface area contributed by atoms with Crippen LogP contribution in [0.5, 0.6) is 0 Å². The molecule has 29 heavy (non-hydrogen) atoms. The molecule has 1 aromatic carbocycles. The normalized spacial score (nSPS) is 11.2. The summed E-state index contributed by atoms with van der Waals surface area (Å²) < 4.78 is 2.93. The molecule has 150 valence electrons. The van der Waals surface area contributed by atoms with Gasteiger partial charge in [-0.2, -0.15) is 0 Å². The van der Waals surface area contributed by atoms with Gasteiger partial charge in [0.1, 0.15) is 17.8 Å². The zero-order valence-corrected chi connectivity index (χ0v) is 19.0. The largest absolute Gasteiger partial charge is 0.383 e. The van der Waals surface area contributed by atoms with Crippen LogP contribution in [0.1, 0.15) is 35.8 Å². The molecule has 0 saturated carbocycles. The third kappa shape index (κ3) is 5.20. The van der Waals surface area contributed by atoms with Crippen LogP contribution in [-0.2, 0) is 0 Å². The number of anilines is 1. The molecular formula is C21H23IN6O. The van der Waals surface area contributed by atoms with Crippen molar-refractivity contribution in [2.45, 2.75) is 19.9 Å². The number of pyridine rings is 1. The first-order valence-corrected chi connectivity index (χ1v) is 10.3. The lowest BCUT2D eigenvalue weighted by Gasteiger charge is -2.12. The molecule has 2 heterocycles. The average Bonchev–Trinajstić information content (AvgIpc) is 3.17. The van der Waals surface area contributed by atoms with Crippen molar-refractivity contribution in [3.63, 3.8) is 0 Å². The summed E-state index contributed by atoms with van der Waals surface area (Å²) in [6.45, 7) is 4.11. The summed E-state index contributed by atoms with van der Waals surface area (Å²) in [6, 6.07) is 11.5. The fourth-order valence-electron chi connectivity index (χ4n) is 2.72. The number of halogens is 1. The number of nitrogens with zero attached hydrogens (tertiary/aromatic N) is 5. The van der Waals surface area contributed by atoms with E-state index in [1.54, 1.807) is 12.4 Å². The molecule has 0 aliphatic rings. The van der Waals surface area contributed by atoms with Crippen LogP contribution < -0.4 is 5.32 Å². The van der Waals surface area contributed by atoms with Crippen molar-refractivity contribution in [3.8, 4) is 11.5 Å². The molecule has 1 N–H and O–H groups in total. The number of hydrogen-bond donors (Lipinski definition) is 1. The Kier molecular flexibility index (Phi) is 6.63. The lowest BCUT2D eigenvalue weighted by molar-refractivity contribution is 0.102. The molecule has 7 nitrogen and oxygen atoms in total. The summed E-state index contributed by atoms with van der Waals surface area (Å²) in [4.78, 5) is 19.5. The molecule has 0 unspecified atom stereocenters. The van der Waals surface area contributed by atoms with Crippen molar-refractivity contribution in [2.24, 2.45) is 0 Å². The zero-order valence-electron chi connectivity index (χ0n) is 16.8. The highest BCUT2D eigenvalue weighted by molar-refractivity contribution is 14.1. The number of nitrogens with one attached hydrogen (secondary N) is 1. The minimum atomic E-state index is -0.211. The van der Waals surface area contributed by atoms with Crippen molar-refractivity contribution < 1.29 is 4.79 Å². The van der Waals surface area contributed by atoms with Crippen LogP contribution in [0.3, 0.4) is 0 Å². The van der Waals surface area contributed by atoms with E-state index < -0.39 is 0 Å². The second-order valence-corrected chi connectivity index (χ2v) is 8.27. The van der Waals surface area contributed by atoms with Gasteiger partial charge in [-0.15, -0.1) is 10.2 Å². The van der Waals surface area contributed by atoms with Crippen LogP contribution in [0.15, 0.2) is 48.9 Å². The topological polar surface area (TPSA) is 75.9 Å². The Morgan fingerprint density at radius 3 is 2.76 bits per heavy atom. The van der Waals surface area contributed by atoms with Crippen LogP contribution in [0.25, 0.3) is 17.6 Å². The molecule has 3 aromatic rings. The van der Waals surface area contributed by atoms with Crippen LogP contribution in [0, 0.1) is 3.57 Å². The monoisotopic (exact) mass is 502 g/mol. The predicted molar refractivity (Wildman–Crippen MR) is 123 cm³/mol. The third-order valence-electron chi connectivity index (χ3n) is 4.16. The maximum absolute atomic E-state index is 13.0. The highest BCUT2D eigenvalue weighted by Crippen LogP contribution is 2.21. The van der Waals surface area contributed by atoms with Gasteiger partial charge in [0.05, 0.1) is 0 Å². The van der Waals surface area contributed by atoms with E-state index in [0.717, 1.165) is 9.13 Å². The number of amides is 1. The second kappa shape index (κ2) is 9.17. The van der Waals surface area contributed by atoms with Gasteiger partial charge in [0.15, 0.2) is 5.82 Å². The van der Waals surface area contributed by atoms with E-state index in [-0.39, 0.29) is 11.9 Å². The van der Waals surface area contributed by atoms with Gasteiger partial charge in [-0.05, 0) is 78.5 Å². The number of hydrogen-bond acceptors (Lipinski definition) is 5. The molecular weight excluding hydrogens is 479 g/mol. The maximum atomic E-state index is 13.0. The minimum Gasteiger partial charge on any atom is -0.383 e. The minimum absolute atomic E-state index is 0.206. The summed E-state index contributed by atoms with van der Waals surface area (Å²) in [6.07, 6.45) is 5.51. The molecule has 8 heteroatoms. The van der Waals surface area contributed by atoms with Crippen LogP contribution >= 0.6 is 22.6 Å². The fraction of sp³-hybridized carbons (Fsp3) is 0.238. The van der Waals surface area contributed by atoms with Gasteiger partial charge < -0.3 is 14.8 Å². The standard InChI is InChI=1S/C21H23IN6O/c1-14(2)28-13-23-26-20(28)18-6-5-7-19(24-18)25-21(29)17-12-16(22)9-8-15(17)10-11-27(3)4/h5-14H,1-4H3,(H,24,25,29). The lowest BCUT2D eigenvalue weighted by atomic mass is 10.1. The van der Waals surface area contributed by atoms with Gasteiger partial charge >= 0.3 is 0 Å². The third-order valence-corrected chi connectivity index (χ3v) is 4.83. The summed E-state index contributed by atoms with van der Waals surface area (Å²) in [5, 5.41) is 11.1. The molecule has 0 saturated heterocycles. The number of aromatic nitrogens is 4. The highest BCUT2D eigenvalue weighted by atomic mass is 127. The summed E-state index contributed by atoms with van der Waals surface area (Å²) in [5.74, 6) is 0.920. The Balaban J connectivity index is 1.89. The smallest absolute Gasteiger partial charge is 0.257 e. The molecule has 3 rings (SSSR count). The lowest BCUT2D eigenvalue weighted by Crippen LogP contribution is -2.15. The highest BCUT2D eigenvalue weighted by Gasteiger charge is 2.15. The van der Waals surface area contributed by atoms with Gasteiger partial charge in [-0.3, -0.25) is 4.79 Å². The van der Waals surface area contributed by atoms with E-state index in [9.17, 15) is 4.79 Å². The first kappa shape index (κ1) is 21.0. The fourth-order valence-corrected chi connectivity index (χ4v) is 3.21. The number of carbonyl (C=O) groups is 1. The molecule has 0 atom stereocenters. The second-order valence-electron chi connectivity index (χ2n) is 7.03. The first-order chi connectivity index (χ1) is 13.8. The quantitative estimate of drug-likeness (QED) is 0.509. The molecule has 1 amide bonds. The van der Waals surface area contributed by atoms with E-state index in [0.29, 0.717) is 22.9 Å². The van der Waals surface area contributed by atoms with E-state index in [1.165, 1.54) is 0 Å². The molecule has 0 radical (unpaired) electrons. The van der Waals surface area contributed by atoms with Crippen molar-refractivity contribution in [2.75, 3.05) is 19.4 Å². The van der Waals surface area contributed by atoms with Gasteiger partial charge in [-0.25, -0.2) is 4.98 Å². The molecule has 0 fully saturated rings. The predicted octanol–water partition coefficient (Wildman–Crippen LogP) is 4.31. The van der Waals surface area contributed by atoms with Crippen molar-refractivity contribution in [1.29, 1.82) is 0 Å². The van der Waals surface area contributed by atoms with Gasteiger partial charge in [0.25, 0.3) is 5.91 Å². The number of benzene rings is 1. The molecule has 2 aromatic heterocycles. The van der Waals surface area contributed by atoms with Crippen molar-refractivity contribution in [1.82, 2.24) is 24.6 Å². The van der Waals surface area contributed by atoms with Gasteiger partial charge in [0, 0.05) is 29.3 Å². The van der Waals surface area contributed by atoms with Crippen LogP contribution in [0.2, 0.25) is 0 Å². The summed E-state index contributed by atoms with van der Waals surface area (Å²) in [5.41, 5.74) is 2.09. The number of carbonyl (C=O) groups excluding carboxylic acids is 1. The van der Waals surface area contributed by atoms with E-state index in [1.807, 2.05) is 66.2 Å². The van der Waals surface area contributed by atoms with Gasteiger partial charge in [-0.1, -0.05) is 12.1 Å². The molecule has 0 spiro atoms. The van der Waals surface area contributed by atoms with Crippen molar-refractivity contribution >= 4 is 40.4 Å². The first-order valence-electron chi connectivity index (χ1n) is 9.17. The van der Waals surface area contributed by atoms with E-state index in [2.05, 4.69) is 56.9 Å². The maximum Gasteiger partial charge on any atom is 0.257 e. The Labute approximate surface area is 184 Å². The van der Waals surface area contributed by atoms with E-state index >= 15 is 0 Å². The van der Waals surface area contributed by atoms with E-state index in [4.69, 9.17) is 0 Å². The summed E-state index contributed by atoms with van der Waals surface area (Å²) in [7, 11) is 3.88. The molecule has 0 aliphatic carbocycles. The van der Waals surface area contributed by atoms with Gasteiger partial charge in [0.2, 0.25) is 0 Å². The van der Waals surface area contributed by atoms with Crippen molar-refractivity contribution in [3.05, 3.63) is 63.6 Å². The molecule has 0 aliphatic heterocycles. The average molecular weight is 502 g/mol. The zero-order chi connectivity index (χ0) is 21.0. The Hall–Kier alpha value is -2.75. The van der Waals surface area contributed by atoms with Crippen LogP contribution in [0.4, 0.5) is 5.82 Å². The summed E-state index contributed by atoms with van der Waals surface area (Å²) >= 11 is 2.20.